The van der Waals surface area contributed by atoms with Crippen molar-refractivity contribution >= 4 is 81.5 Å². The summed E-state index contributed by atoms with van der Waals surface area (Å²) in [5.41, 5.74) is 5.53. The Balaban J connectivity index is 0.000000166. The van der Waals surface area contributed by atoms with Gasteiger partial charge in [0.1, 0.15) is 5.76 Å². The van der Waals surface area contributed by atoms with E-state index in [9.17, 15) is 27.4 Å². The number of ether oxygens (including phenoxy) is 1. The van der Waals surface area contributed by atoms with Crippen LogP contribution in [-0.2, 0) is 38.2 Å². The molecule has 4 fully saturated rings. The Morgan fingerprint density at radius 1 is 1.08 bits per heavy atom. The lowest BCUT2D eigenvalue weighted by molar-refractivity contribution is -0.185. The van der Waals surface area contributed by atoms with Crippen LogP contribution >= 0.6 is 42.5 Å². The average Bonchev–Trinajstić information content (AvgIpc) is 3.84. The molecule has 1 aromatic carbocycles. The number of nitrogen functional groups attached to an aromatic ring is 1. The van der Waals surface area contributed by atoms with Gasteiger partial charge in [-0.05, 0) is 112 Å². The minimum absolute atomic E-state index is 0.0423. The van der Waals surface area contributed by atoms with E-state index in [-0.39, 0.29) is 56.8 Å². The maximum absolute atomic E-state index is 12.8. The second kappa shape index (κ2) is 18.2. The lowest BCUT2D eigenvalue weighted by Crippen LogP contribution is -2.58. The normalized spacial score (nSPS) is 34.1. The number of nitrogens with two attached hydrogens (primary N) is 1. The number of nitrogens with zero attached hydrogens (tertiary/aromatic N) is 2. The molecular weight excluding hydrogens is 876 g/mol. The third kappa shape index (κ3) is 8.89. The van der Waals surface area contributed by atoms with E-state index in [4.69, 9.17) is 54.3 Å². The fraction of sp³-hybridized carbons (Fsp3) is 0.610. The predicted octanol–water partition coefficient (Wildman–Crippen LogP) is 7.86. The van der Waals surface area contributed by atoms with Crippen molar-refractivity contribution in [3.05, 3.63) is 58.8 Å². The number of hydrogen-bond acceptors (Lipinski definition) is 11. The molecule has 4 N–H and O–H groups in total. The van der Waals surface area contributed by atoms with E-state index in [1.165, 1.54) is 37.3 Å². The Bertz CT molecular complexity index is 2190. The number of halogens is 3. The van der Waals surface area contributed by atoms with Crippen LogP contribution in [0.4, 0.5) is 11.5 Å². The molecule has 5 aliphatic carbocycles. The van der Waals surface area contributed by atoms with E-state index >= 15 is 0 Å². The first kappa shape index (κ1) is 46.7. The molecule has 0 amide bonds. The van der Waals surface area contributed by atoms with Crippen molar-refractivity contribution in [2.45, 2.75) is 83.6 Å². The Labute approximate surface area is 367 Å². The third-order valence-electron chi connectivity index (χ3n) is 13.5. The predicted molar refractivity (Wildman–Crippen MR) is 231 cm³/mol. The van der Waals surface area contributed by atoms with E-state index in [1.54, 1.807) is 18.5 Å². The summed E-state index contributed by atoms with van der Waals surface area (Å²) in [7, 11) is -6.49. The van der Waals surface area contributed by atoms with Crippen LogP contribution in [0.3, 0.4) is 0 Å². The quantitative estimate of drug-likeness (QED) is 0.0901. The number of allylic oxidation sites excluding steroid dienone is 4. The maximum atomic E-state index is 12.8. The second-order valence-corrected chi connectivity index (χ2v) is 21.9. The van der Waals surface area contributed by atoms with Gasteiger partial charge in [-0.15, -0.1) is 23.2 Å². The van der Waals surface area contributed by atoms with E-state index < -0.39 is 23.3 Å². The van der Waals surface area contributed by atoms with Crippen molar-refractivity contribution in [2.75, 3.05) is 48.5 Å². The zero-order valence-electron chi connectivity index (χ0n) is 34.5. The highest BCUT2D eigenvalue weighted by Crippen LogP contribution is 2.72. The minimum atomic E-state index is -3.64. The molecule has 1 unspecified atom stereocenters. The summed E-state index contributed by atoms with van der Waals surface area (Å²) in [6.07, 6.45) is 9.07. The van der Waals surface area contributed by atoms with E-state index in [0.717, 1.165) is 44.2 Å². The van der Waals surface area contributed by atoms with Crippen molar-refractivity contribution in [1.82, 2.24) is 14.9 Å². The Morgan fingerprint density at radius 2 is 1.78 bits per heavy atom. The highest BCUT2D eigenvalue weighted by Gasteiger charge is 2.70. The number of sulfonamides is 1. The summed E-state index contributed by atoms with van der Waals surface area (Å²) in [4.78, 5) is 37.2. The van der Waals surface area contributed by atoms with E-state index in [0.29, 0.717) is 66.2 Å². The average molecular weight is 931 g/mol. The van der Waals surface area contributed by atoms with Crippen molar-refractivity contribution in [1.29, 1.82) is 0 Å². The van der Waals surface area contributed by atoms with Crippen LogP contribution in [-0.4, -0.2) is 79.4 Å². The summed E-state index contributed by atoms with van der Waals surface area (Å²) >= 11 is 17.9. The molecule has 1 aliphatic heterocycles. The lowest BCUT2D eigenvalue weighted by Gasteiger charge is -2.57. The Morgan fingerprint density at radius 3 is 2.40 bits per heavy atom. The molecule has 6 aliphatic rings. The van der Waals surface area contributed by atoms with Gasteiger partial charge in [-0.2, -0.15) is 0 Å². The number of aromatic nitrogens is 1. The molecule has 14 nitrogen and oxygen atoms in total. The van der Waals surface area contributed by atoms with Gasteiger partial charge in [0.25, 0.3) is 10.0 Å². The number of anilines is 2. The largest absolute Gasteiger partial charge is 0.451 e. The van der Waals surface area contributed by atoms with Gasteiger partial charge < -0.3 is 19.5 Å². The number of nitrogens with one attached hydrogen (secondary N) is 2. The molecule has 1 saturated heterocycles. The van der Waals surface area contributed by atoms with Gasteiger partial charge in [-0.1, -0.05) is 36.7 Å². The van der Waals surface area contributed by atoms with Gasteiger partial charge in [-0.25, -0.2) is 18.2 Å². The highest BCUT2D eigenvalue weighted by molar-refractivity contribution is 7.92. The molecule has 330 valence electrons. The van der Waals surface area contributed by atoms with Gasteiger partial charge in [0, 0.05) is 71.9 Å². The van der Waals surface area contributed by atoms with E-state index in [2.05, 4.69) is 34.9 Å². The smallest absolute Gasteiger partial charge is 0.343 e. The first-order chi connectivity index (χ1) is 28.3. The third-order valence-corrected chi connectivity index (χ3v) is 17.9. The van der Waals surface area contributed by atoms with Crippen LogP contribution < -0.4 is 15.5 Å². The summed E-state index contributed by atoms with van der Waals surface area (Å²) in [6, 6.07) is 7.37. The molecular formula is C41H55Cl3N5O9PS. The minimum Gasteiger partial charge on any atom is -0.451 e. The molecule has 2 aromatic rings. The van der Waals surface area contributed by atoms with Gasteiger partial charge in [0.15, 0.2) is 23.0 Å². The fourth-order valence-corrected chi connectivity index (χ4v) is 14.5. The molecule has 60 heavy (non-hydrogen) atoms. The molecule has 1 aromatic heterocycles. The van der Waals surface area contributed by atoms with Crippen molar-refractivity contribution in [3.8, 4) is 0 Å². The van der Waals surface area contributed by atoms with Crippen molar-refractivity contribution in [2.24, 2.45) is 40.4 Å². The molecule has 0 radical (unpaired) electrons. The number of benzene rings is 1. The van der Waals surface area contributed by atoms with Crippen LogP contribution in [0.15, 0.2) is 62.5 Å². The molecule has 8 rings (SSSR count). The van der Waals surface area contributed by atoms with E-state index in [1.807, 2.05) is 6.08 Å². The number of ketones is 2. The molecule has 3 saturated carbocycles. The van der Waals surface area contributed by atoms with Crippen LogP contribution in [0.1, 0.15) is 72.0 Å². The van der Waals surface area contributed by atoms with Crippen LogP contribution in [0, 0.1) is 47.3 Å². The monoisotopic (exact) mass is 929 g/mol. The first-order valence-corrected chi connectivity index (χ1v) is 24.8. The van der Waals surface area contributed by atoms with Crippen molar-refractivity contribution < 1.29 is 41.2 Å². The summed E-state index contributed by atoms with van der Waals surface area (Å²) in [6.45, 7) is 11.4. The first-order valence-electron chi connectivity index (χ1n) is 20.3. The van der Waals surface area contributed by atoms with Crippen LogP contribution in [0.2, 0.25) is 0 Å². The van der Waals surface area contributed by atoms with Crippen LogP contribution in [0.5, 0.6) is 0 Å². The molecule has 9 atom stereocenters. The zero-order valence-corrected chi connectivity index (χ0v) is 38.5. The Kier molecular flexibility index (Phi) is 14.1. The Hall–Kier alpha value is -2.75. The number of rotatable bonds is 10. The standard InChI is InChI=1S/C24H29ClO4.C10H11N3O3S.C7H15Cl2N2O2P/c1-12(26)24(29-13(2)27)8-6-16-14-10-20(25)19-11-21(28)15-9-18(15)23(19,4)17(14)5-7-22(16,24)3;1-7-6-10(12-16-7)13-17(14,15)9-4-2-8(11)3-5-9;8-2-4-10-14(12)11(6-3-9)5-1-7-13-14/h10-11,14-18H,5-9H2,1-4H3;2-6H,11H2,1H3,(H,12,13);1-7H2,(H,10,12)/t14-,15+,16-,17-,18-,22-,23-,24-;;/m0../s1. The second-order valence-electron chi connectivity index (χ2n) is 16.9. The number of hydrogen-bond donors (Lipinski definition) is 3. The molecule has 2 heterocycles. The maximum Gasteiger partial charge on any atom is 0.343 e. The molecule has 0 spiro atoms. The number of esters is 1. The topological polar surface area (TPSA) is 200 Å². The van der Waals surface area contributed by atoms with Gasteiger partial charge in [0.05, 0.1) is 11.5 Å². The van der Waals surface area contributed by atoms with Gasteiger partial charge >= 0.3 is 13.6 Å². The number of alkyl halides is 2. The summed E-state index contributed by atoms with van der Waals surface area (Å²) < 4.78 is 55.9. The zero-order chi connectivity index (χ0) is 43.8. The van der Waals surface area contributed by atoms with Crippen LogP contribution in [0.25, 0.3) is 0 Å². The number of carbonyl (C=O) groups is 3. The number of Topliss-reactive ketones (excluding diaryl/α,β-unsaturated/α-hetero) is 1. The molecule has 19 heteroatoms. The number of fused-ring (bicyclic) bond motifs is 7. The summed E-state index contributed by atoms with van der Waals surface area (Å²) in [5.74, 6) is 2.82. The lowest BCUT2D eigenvalue weighted by atomic mass is 9.47. The number of aryl methyl sites for hydroxylation is 1. The van der Waals surface area contributed by atoms with Gasteiger partial charge in [0.2, 0.25) is 0 Å². The van der Waals surface area contributed by atoms with Crippen molar-refractivity contribution in [3.63, 3.8) is 0 Å². The fourth-order valence-electron chi connectivity index (χ4n) is 10.6. The number of carbonyl (C=O) groups excluding carboxylic acids is 3. The summed E-state index contributed by atoms with van der Waals surface area (Å²) in [5, 5.41) is 7.12. The highest BCUT2D eigenvalue weighted by atomic mass is 35.5. The SMILES string of the molecule is CC(=O)O[C@]1(C(C)=O)CC[C@H]2[C@@H]3C=C(Cl)C4=CC(=O)[C@@H]5C[C@@H]5[C@]4(C)[C@H]3CC[C@@]21C.Cc1cc(NS(=O)(=O)c2ccc(N)cc2)no1.O=P1(NCCCl)OCCCN1CCCl. The van der Waals surface area contributed by atoms with Gasteiger partial charge in [-0.3, -0.25) is 23.7 Å². The molecule has 0 bridgehead atoms.